The summed E-state index contributed by atoms with van der Waals surface area (Å²) in [6.45, 7) is 0. The second-order valence-corrected chi connectivity index (χ2v) is 7.32. The van der Waals surface area contributed by atoms with Gasteiger partial charge in [0.25, 0.3) is 0 Å². The summed E-state index contributed by atoms with van der Waals surface area (Å²) in [5.41, 5.74) is 3.06. The lowest BCUT2D eigenvalue weighted by Gasteiger charge is -2.28. The monoisotopic (exact) mass is 363 g/mol. The van der Waals surface area contributed by atoms with Crippen molar-refractivity contribution < 1.29 is 9.84 Å². The fraction of sp³-hybridized carbons (Fsp3) is 0.350. The molecule has 3 N–H and O–H groups in total. The molecule has 4 heterocycles. The topological polar surface area (TPSA) is 96.0 Å². The molecule has 0 aliphatic carbocycles. The fourth-order valence-corrected chi connectivity index (χ4v) is 4.14. The zero-order chi connectivity index (χ0) is 18.2. The van der Waals surface area contributed by atoms with Crippen molar-refractivity contribution in [1.82, 2.24) is 25.7 Å². The van der Waals surface area contributed by atoms with Crippen molar-refractivity contribution >= 4 is 0 Å². The maximum Gasteiger partial charge on any atom is 0.233 e. The van der Waals surface area contributed by atoms with Gasteiger partial charge in [0, 0.05) is 35.5 Å². The highest BCUT2D eigenvalue weighted by Gasteiger charge is 2.34. The summed E-state index contributed by atoms with van der Waals surface area (Å²) < 4.78 is 6.04. The van der Waals surface area contributed by atoms with E-state index >= 15 is 0 Å². The molecule has 2 saturated heterocycles. The minimum atomic E-state index is 0.159. The minimum Gasteiger partial charge on any atom is -0.507 e. The number of piperidine rings is 1. The third-order valence-electron chi connectivity index (χ3n) is 5.46. The second-order valence-electron chi connectivity index (χ2n) is 7.32. The molecule has 2 fully saturated rings. The van der Waals surface area contributed by atoms with Crippen molar-refractivity contribution in [3.63, 3.8) is 0 Å². The van der Waals surface area contributed by atoms with E-state index in [-0.39, 0.29) is 11.9 Å². The summed E-state index contributed by atoms with van der Waals surface area (Å²) in [6, 6.07) is 10.3. The summed E-state index contributed by atoms with van der Waals surface area (Å²) in [4.78, 5) is 0. The normalized spacial score (nSPS) is 24.1. The van der Waals surface area contributed by atoms with Crippen LogP contribution in [0.4, 0.5) is 0 Å². The Hall–Kier alpha value is -2.93. The Morgan fingerprint density at radius 1 is 1.00 bits per heavy atom. The van der Waals surface area contributed by atoms with Gasteiger partial charge in [0.2, 0.25) is 5.88 Å². The largest absolute Gasteiger partial charge is 0.507 e. The molecular weight excluding hydrogens is 342 g/mol. The summed E-state index contributed by atoms with van der Waals surface area (Å²) >= 11 is 0. The molecule has 0 amide bonds. The van der Waals surface area contributed by atoms with Crippen molar-refractivity contribution in [2.24, 2.45) is 0 Å². The number of fused-ring (bicyclic) bond motifs is 2. The van der Waals surface area contributed by atoms with Crippen molar-refractivity contribution in [3.8, 4) is 34.0 Å². The van der Waals surface area contributed by atoms with Crippen LogP contribution >= 0.6 is 0 Å². The minimum absolute atomic E-state index is 0.159. The van der Waals surface area contributed by atoms with Gasteiger partial charge in [0.15, 0.2) is 0 Å². The van der Waals surface area contributed by atoms with Crippen LogP contribution in [-0.4, -0.2) is 43.7 Å². The number of benzene rings is 1. The van der Waals surface area contributed by atoms with E-state index in [1.54, 1.807) is 18.5 Å². The van der Waals surface area contributed by atoms with Crippen molar-refractivity contribution in [1.29, 1.82) is 0 Å². The van der Waals surface area contributed by atoms with Gasteiger partial charge in [-0.3, -0.25) is 5.10 Å². The van der Waals surface area contributed by atoms with Gasteiger partial charge in [-0.25, -0.2) is 0 Å². The molecule has 27 heavy (non-hydrogen) atoms. The fourth-order valence-electron chi connectivity index (χ4n) is 4.14. The standard InChI is InChI=1S/C20H21N5O2/c26-19-7-12(13-10-21-22-11-13)1-4-17(19)18-5-6-20(25-24-18)27-16-8-14-2-3-15(9-16)23-14/h1,4-7,10-11,14-16,23,26H,2-3,8-9H2,(H,21,22)/t14-,15?,16?/m1/s1. The summed E-state index contributed by atoms with van der Waals surface area (Å²) in [5, 5.41) is 29.2. The zero-order valence-electron chi connectivity index (χ0n) is 14.8. The van der Waals surface area contributed by atoms with Crippen LogP contribution in [0.15, 0.2) is 42.7 Å². The lowest BCUT2D eigenvalue weighted by molar-refractivity contribution is 0.130. The van der Waals surface area contributed by atoms with Gasteiger partial charge in [-0.1, -0.05) is 6.07 Å². The molecule has 2 aromatic heterocycles. The smallest absolute Gasteiger partial charge is 0.233 e. The van der Waals surface area contributed by atoms with Crippen molar-refractivity contribution in [2.75, 3.05) is 0 Å². The molecule has 0 radical (unpaired) electrons. The van der Waals surface area contributed by atoms with E-state index in [1.807, 2.05) is 24.3 Å². The number of aromatic nitrogens is 4. The average Bonchev–Trinajstić information content (AvgIpc) is 3.32. The molecular formula is C20H21N5O2. The Bertz CT molecular complexity index is 914. The number of rotatable bonds is 4. The molecule has 2 aliphatic heterocycles. The molecule has 5 rings (SSSR count). The first kappa shape index (κ1) is 16.3. The number of ether oxygens (including phenoxy) is 1. The molecule has 138 valence electrons. The molecule has 3 aromatic rings. The van der Waals surface area contributed by atoms with Crippen LogP contribution in [0.25, 0.3) is 22.4 Å². The highest BCUT2D eigenvalue weighted by Crippen LogP contribution is 2.33. The van der Waals surface area contributed by atoms with Gasteiger partial charge in [-0.15, -0.1) is 10.2 Å². The van der Waals surface area contributed by atoms with E-state index in [1.165, 1.54) is 12.8 Å². The van der Waals surface area contributed by atoms with E-state index in [0.29, 0.717) is 29.2 Å². The molecule has 2 aliphatic rings. The third kappa shape index (κ3) is 3.26. The number of aromatic amines is 1. The first-order valence-corrected chi connectivity index (χ1v) is 9.33. The van der Waals surface area contributed by atoms with E-state index in [4.69, 9.17) is 4.74 Å². The van der Waals surface area contributed by atoms with Gasteiger partial charge in [0.05, 0.1) is 11.9 Å². The average molecular weight is 363 g/mol. The van der Waals surface area contributed by atoms with Gasteiger partial charge >= 0.3 is 0 Å². The number of hydrogen-bond acceptors (Lipinski definition) is 6. The van der Waals surface area contributed by atoms with Crippen LogP contribution in [0.2, 0.25) is 0 Å². The molecule has 7 nitrogen and oxygen atoms in total. The number of H-pyrrole nitrogens is 1. The summed E-state index contributed by atoms with van der Waals surface area (Å²) in [6.07, 6.45) is 8.23. The van der Waals surface area contributed by atoms with Gasteiger partial charge in [-0.05, 0) is 49.4 Å². The Labute approximate surface area is 156 Å². The number of phenolic OH excluding ortho intramolecular Hbond substituents is 1. The number of nitrogens with zero attached hydrogens (tertiary/aromatic N) is 3. The van der Waals surface area contributed by atoms with Crippen molar-refractivity contribution in [3.05, 3.63) is 42.7 Å². The van der Waals surface area contributed by atoms with Crippen LogP contribution in [0, 0.1) is 0 Å². The Morgan fingerprint density at radius 2 is 1.85 bits per heavy atom. The number of phenols is 1. The first-order chi connectivity index (χ1) is 13.2. The van der Waals surface area contributed by atoms with Crippen molar-refractivity contribution in [2.45, 2.75) is 43.9 Å². The number of nitrogens with one attached hydrogen (secondary N) is 2. The molecule has 0 saturated carbocycles. The zero-order valence-corrected chi connectivity index (χ0v) is 14.8. The summed E-state index contributed by atoms with van der Waals surface area (Å²) in [7, 11) is 0. The Balaban J connectivity index is 1.31. The van der Waals surface area contributed by atoms with Crippen LogP contribution in [0.5, 0.6) is 11.6 Å². The van der Waals surface area contributed by atoms with Gasteiger partial charge in [0.1, 0.15) is 11.9 Å². The molecule has 0 spiro atoms. The highest BCUT2D eigenvalue weighted by molar-refractivity contribution is 5.73. The molecule has 7 heteroatoms. The second kappa shape index (κ2) is 6.66. The SMILES string of the molecule is Oc1cc(-c2cn[nH]c2)ccc1-c1ccc(OC2CC3CC[C@H](C2)N3)nn1. The Morgan fingerprint density at radius 3 is 2.52 bits per heavy atom. The molecule has 1 aromatic carbocycles. The van der Waals surface area contributed by atoms with E-state index in [0.717, 1.165) is 24.0 Å². The van der Waals surface area contributed by atoms with Crippen LogP contribution in [-0.2, 0) is 0 Å². The maximum absolute atomic E-state index is 10.4. The molecule has 2 bridgehead atoms. The van der Waals surface area contributed by atoms with E-state index in [2.05, 4.69) is 25.7 Å². The lowest BCUT2D eigenvalue weighted by atomic mass is 10.0. The Kier molecular flexibility index (Phi) is 4.01. The van der Waals surface area contributed by atoms with E-state index < -0.39 is 0 Å². The van der Waals surface area contributed by atoms with Crippen LogP contribution < -0.4 is 10.1 Å². The molecule has 3 atom stereocenters. The lowest BCUT2D eigenvalue weighted by Crippen LogP contribution is -2.42. The highest BCUT2D eigenvalue weighted by atomic mass is 16.5. The predicted molar refractivity (Wildman–Crippen MR) is 100 cm³/mol. The third-order valence-corrected chi connectivity index (χ3v) is 5.46. The number of hydrogen-bond donors (Lipinski definition) is 3. The van der Waals surface area contributed by atoms with Gasteiger partial charge in [-0.2, -0.15) is 5.10 Å². The molecule has 2 unspecified atom stereocenters. The van der Waals surface area contributed by atoms with Crippen LogP contribution in [0.3, 0.4) is 0 Å². The first-order valence-electron chi connectivity index (χ1n) is 9.33. The van der Waals surface area contributed by atoms with Gasteiger partial charge < -0.3 is 15.2 Å². The summed E-state index contributed by atoms with van der Waals surface area (Å²) in [5.74, 6) is 0.700. The maximum atomic E-state index is 10.4. The quantitative estimate of drug-likeness (QED) is 0.660. The predicted octanol–water partition coefficient (Wildman–Crippen LogP) is 2.90. The van der Waals surface area contributed by atoms with Crippen LogP contribution in [0.1, 0.15) is 25.7 Å². The number of aromatic hydroxyl groups is 1. The van der Waals surface area contributed by atoms with E-state index in [9.17, 15) is 5.11 Å².